The zero-order chi connectivity index (χ0) is 13.7. The molecular formula is C12H14BrNO4. The van der Waals surface area contributed by atoms with Crippen molar-refractivity contribution < 1.29 is 19.4 Å². The number of carboxylic acid groups (broad SMARTS) is 1. The summed E-state index contributed by atoms with van der Waals surface area (Å²) in [6.45, 7) is 1.71. The first kappa shape index (κ1) is 14.7. The van der Waals surface area contributed by atoms with Gasteiger partial charge in [-0.1, -0.05) is 22.0 Å². The highest BCUT2D eigenvalue weighted by molar-refractivity contribution is 9.10. The van der Waals surface area contributed by atoms with Gasteiger partial charge in [0.1, 0.15) is 0 Å². The van der Waals surface area contributed by atoms with Crippen LogP contribution in [-0.4, -0.2) is 36.7 Å². The van der Waals surface area contributed by atoms with Crippen LogP contribution in [0.3, 0.4) is 0 Å². The number of methoxy groups -OCH3 is 1. The normalized spacial score (nSPS) is 11.9. The van der Waals surface area contributed by atoms with Crippen LogP contribution in [0.15, 0.2) is 22.7 Å². The third-order valence-electron chi connectivity index (χ3n) is 2.38. The van der Waals surface area contributed by atoms with Gasteiger partial charge < -0.3 is 15.2 Å². The summed E-state index contributed by atoms with van der Waals surface area (Å²) in [6, 6.07) is 4.19. The SMILES string of the molecule is COCC(NC(=O)c1cc(Br)ccc1C)C(=O)O. The second-order valence-corrected chi connectivity index (χ2v) is 4.69. The zero-order valence-corrected chi connectivity index (χ0v) is 11.7. The van der Waals surface area contributed by atoms with Crippen LogP contribution >= 0.6 is 15.9 Å². The minimum atomic E-state index is -1.13. The first-order valence-electron chi connectivity index (χ1n) is 5.24. The molecule has 1 amide bonds. The summed E-state index contributed by atoms with van der Waals surface area (Å²) in [5, 5.41) is 11.3. The summed E-state index contributed by atoms with van der Waals surface area (Å²) in [6.07, 6.45) is 0. The molecule has 0 aliphatic heterocycles. The van der Waals surface area contributed by atoms with E-state index in [1.807, 2.05) is 6.07 Å². The molecule has 0 aliphatic carbocycles. The molecule has 5 nitrogen and oxygen atoms in total. The van der Waals surface area contributed by atoms with Gasteiger partial charge in [0.25, 0.3) is 5.91 Å². The number of carbonyl (C=O) groups excluding carboxylic acids is 1. The number of aryl methyl sites for hydroxylation is 1. The molecule has 1 rings (SSSR count). The highest BCUT2D eigenvalue weighted by Crippen LogP contribution is 2.16. The van der Waals surface area contributed by atoms with E-state index in [2.05, 4.69) is 21.2 Å². The van der Waals surface area contributed by atoms with E-state index in [9.17, 15) is 9.59 Å². The standard InChI is InChI=1S/C12H14BrNO4/c1-7-3-4-8(13)5-9(7)11(15)14-10(6-18-2)12(16)17/h3-5,10H,6H2,1-2H3,(H,14,15)(H,16,17). The Labute approximate surface area is 113 Å². The molecule has 98 valence electrons. The number of carboxylic acids is 1. The Hall–Kier alpha value is -1.40. The molecule has 1 aromatic rings. The number of halogens is 1. The van der Waals surface area contributed by atoms with Crippen molar-refractivity contribution in [3.8, 4) is 0 Å². The van der Waals surface area contributed by atoms with Crippen LogP contribution < -0.4 is 5.32 Å². The van der Waals surface area contributed by atoms with Gasteiger partial charge in [0.05, 0.1) is 6.61 Å². The lowest BCUT2D eigenvalue weighted by Crippen LogP contribution is -2.44. The first-order valence-corrected chi connectivity index (χ1v) is 6.03. The van der Waals surface area contributed by atoms with Crippen LogP contribution in [0.4, 0.5) is 0 Å². The average Bonchev–Trinajstić information content (AvgIpc) is 2.31. The van der Waals surface area contributed by atoms with Gasteiger partial charge >= 0.3 is 5.97 Å². The lowest BCUT2D eigenvalue weighted by Gasteiger charge is -2.14. The van der Waals surface area contributed by atoms with Crippen molar-refractivity contribution in [2.75, 3.05) is 13.7 Å². The van der Waals surface area contributed by atoms with Crippen molar-refractivity contribution in [1.29, 1.82) is 0 Å². The van der Waals surface area contributed by atoms with E-state index in [4.69, 9.17) is 9.84 Å². The molecule has 0 heterocycles. The number of aliphatic carboxylic acids is 1. The van der Waals surface area contributed by atoms with Crippen LogP contribution in [0.5, 0.6) is 0 Å². The molecule has 0 saturated carbocycles. The molecule has 0 bridgehead atoms. The van der Waals surface area contributed by atoms with Crippen molar-refractivity contribution in [1.82, 2.24) is 5.32 Å². The highest BCUT2D eigenvalue weighted by atomic mass is 79.9. The highest BCUT2D eigenvalue weighted by Gasteiger charge is 2.21. The van der Waals surface area contributed by atoms with E-state index in [0.717, 1.165) is 10.0 Å². The smallest absolute Gasteiger partial charge is 0.328 e. The molecule has 18 heavy (non-hydrogen) atoms. The minimum absolute atomic E-state index is 0.0753. The van der Waals surface area contributed by atoms with Gasteiger partial charge in [0.2, 0.25) is 0 Å². The lowest BCUT2D eigenvalue weighted by molar-refractivity contribution is -0.140. The second-order valence-electron chi connectivity index (χ2n) is 3.78. The molecule has 0 aromatic heterocycles. The quantitative estimate of drug-likeness (QED) is 0.865. The Balaban J connectivity index is 2.86. The largest absolute Gasteiger partial charge is 0.480 e. The predicted octanol–water partition coefficient (Wildman–Crippen LogP) is 1.59. The number of benzene rings is 1. The Morgan fingerprint density at radius 3 is 2.72 bits per heavy atom. The molecule has 1 aromatic carbocycles. The fraction of sp³-hybridized carbons (Fsp3) is 0.333. The monoisotopic (exact) mass is 315 g/mol. The van der Waals surface area contributed by atoms with Gasteiger partial charge in [0.15, 0.2) is 6.04 Å². The fourth-order valence-corrected chi connectivity index (χ4v) is 1.78. The summed E-state index contributed by atoms with van der Waals surface area (Å²) >= 11 is 3.27. The van der Waals surface area contributed by atoms with Gasteiger partial charge in [-0.15, -0.1) is 0 Å². The molecular weight excluding hydrogens is 302 g/mol. The van der Waals surface area contributed by atoms with E-state index in [0.29, 0.717) is 5.56 Å². The maximum Gasteiger partial charge on any atom is 0.328 e. The number of nitrogens with one attached hydrogen (secondary N) is 1. The van der Waals surface area contributed by atoms with Crippen LogP contribution in [-0.2, 0) is 9.53 Å². The number of ether oxygens (including phenoxy) is 1. The number of carbonyl (C=O) groups is 2. The summed E-state index contributed by atoms with van der Waals surface area (Å²) in [7, 11) is 1.38. The summed E-state index contributed by atoms with van der Waals surface area (Å²) < 4.78 is 5.51. The second kappa shape index (κ2) is 6.51. The topological polar surface area (TPSA) is 75.6 Å². The van der Waals surface area contributed by atoms with Gasteiger partial charge in [-0.3, -0.25) is 4.79 Å². The lowest BCUT2D eigenvalue weighted by atomic mass is 10.1. The molecule has 1 atom stereocenters. The predicted molar refractivity (Wildman–Crippen MR) is 69.6 cm³/mol. The van der Waals surface area contributed by atoms with E-state index in [1.54, 1.807) is 19.1 Å². The number of hydrogen-bond acceptors (Lipinski definition) is 3. The Morgan fingerprint density at radius 2 is 2.17 bits per heavy atom. The molecule has 0 radical (unpaired) electrons. The first-order chi connectivity index (χ1) is 8.45. The third kappa shape index (κ3) is 3.82. The molecule has 6 heteroatoms. The molecule has 0 fully saturated rings. The van der Waals surface area contributed by atoms with Crippen molar-refractivity contribution in [2.24, 2.45) is 0 Å². The van der Waals surface area contributed by atoms with Crippen LogP contribution in [0, 0.1) is 6.92 Å². The summed E-state index contributed by atoms with van der Waals surface area (Å²) in [5.74, 6) is -1.56. The third-order valence-corrected chi connectivity index (χ3v) is 2.87. The zero-order valence-electron chi connectivity index (χ0n) is 10.1. The van der Waals surface area contributed by atoms with E-state index >= 15 is 0 Å². The number of rotatable bonds is 5. The Kier molecular flexibility index (Phi) is 5.30. The van der Waals surface area contributed by atoms with Crippen molar-refractivity contribution >= 4 is 27.8 Å². The van der Waals surface area contributed by atoms with Gasteiger partial charge in [-0.05, 0) is 24.6 Å². The molecule has 0 aliphatic rings. The van der Waals surface area contributed by atoms with Crippen molar-refractivity contribution in [2.45, 2.75) is 13.0 Å². The minimum Gasteiger partial charge on any atom is -0.480 e. The number of hydrogen-bond donors (Lipinski definition) is 2. The Bertz CT molecular complexity index is 461. The van der Waals surface area contributed by atoms with Crippen molar-refractivity contribution in [3.05, 3.63) is 33.8 Å². The summed E-state index contributed by atoms with van der Waals surface area (Å²) in [4.78, 5) is 22.9. The van der Waals surface area contributed by atoms with E-state index in [1.165, 1.54) is 7.11 Å². The Morgan fingerprint density at radius 1 is 1.50 bits per heavy atom. The molecule has 2 N–H and O–H groups in total. The van der Waals surface area contributed by atoms with Gasteiger partial charge in [0, 0.05) is 17.1 Å². The van der Waals surface area contributed by atoms with Gasteiger partial charge in [-0.25, -0.2) is 4.79 Å². The van der Waals surface area contributed by atoms with Crippen LogP contribution in [0.1, 0.15) is 15.9 Å². The molecule has 1 unspecified atom stereocenters. The van der Waals surface area contributed by atoms with Crippen molar-refractivity contribution in [3.63, 3.8) is 0 Å². The van der Waals surface area contributed by atoms with Gasteiger partial charge in [-0.2, -0.15) is 0 Å². The van der Waals surface area contributed by atoms with Crippen LogP contribution in [0.2, 0.25) is 0 Å². The van der Waals surface area contributed by atoms with E-state index in [-0.39, 0.29) is 6.61 Å². The summed E-state index contributed by atoms with van der Waals surface area (Å²) in [5.41, 5.74) is 1.21. The van der Waals surface area contributed by atoms with Crippen LogP contribution in [0.25, 0.3) is 0 Å². The fourth-order valence-electron chi connectivity index (χ4n) is 1.42. The maximum atomic E-state index is 12.0. The molecule has 0 saturated heterocycles. The number of amides is 1. The average molecular weight is 316 g/mol. The van der Waals surface area contributed by atoms with E-state index < -0.39 is 17.9 Å². The molecule has 0 spiro atoms. The maximum absolute atomic E-state index is 12.0.